The smallest absolute Gasteiger partial charge is 0.311 e. The van der Waals surface area contributed by atoms with Crippen molar-refractivity contribution in [1.29, 1.82) is 0 Å². The molecule has 1 aliphatic rings. The lowest BCUT2D eigenvalue weighted by molar-refractivity contribution is -0.385. The average Bonchev–Trinajstić information content (AvgIpc) is 2.44. The summed E-state index contributed by atoms with van der Waals surface area (Å²) in [5, 5.41) is 14.4. The Morgan fingerprint density at radius 2 is 2.24 bits per heavy atom. The van der Waals surface area contributed by atoms with Crippen LogP contribution in [0.3, 0.4) is 0 Å². The van der Waals surface area contributed by atoms with Gasteiger partial charge in [-0.1, -0.05) is 13.3 Å². The number of rotatable bonds is 8. The Morgan fingerprint density at radius 1 is 1.48 bits per heavy atom. The Balaban J connectivity index is 2.07. The molecule has 1 aliphatic carbocycles. The first-order chi connectivity index (χ1) is 10.1. The van der Waals surface area contributed by atoms with Crippen molar-refractivity contribution in [2.75, 3.05) is 24.7 Å². The van der Waals surface area contributed by atoms with Gasteiger partial charge in [-0.05, 0) is 31.6 Å². The molecule has 0 saturated heterocycles. The fraction of sp³-hybridized carbons (Fsp3) is 0.600. The predicted molar refractivity (Wildman–Crippen MR) is 87.5 cm³/mol. The summed E-state index contributed by atoms with van der Waals surface area (Å²) >= 11 is 1.90. The molecular weight excluding hydrogens is 288 g/mol. The second kappa shape index (κ2) is 7.02. The van der Waals surface area contributed by atoms with Crippen molar-refractivity contribution in [3.63, 3.8) is 0 Å². The van der Waals surface area contributed by atoms with Gasteiger partial charge in [-0.15, -0.1) is 0 Å². The Kier molecular flexibility index (Phi) is 5.33. The largest absolute Gasteiger partial charge is 0.487 e. The third kappa shape index (κ3) is 3.81. The Labute approximate surface area is 129 Å². The number of nitrogens with zero attached hydrogens (tertiary/aromatic N) is 1. The first kappa shape index (κ1) is 15.9. The van der Waals surface area contributed by atoms with E-state index in [1.165, 1.54) is 25.3 Å². The zero-order valence-electron chi connectivity index (χ0n) is 12.6. The van der Waals surface area contributed by atoms with E-state index in [4.69, 9.17) is 4.74 Å². The molecule has 0 aliphatic heterocycles. The molecule has 1 aromatic rings. The van der Waals surface area contributed by atoms with Crippen LogP contribution >= 0.6 is 11.8 Å². The predicted octanol–water partition coefficient (Wildman–Crippen LogP) is 4.08. The zero-order valence-corrected chi connectivity index (χ0v) is 13.4. The summed E-state index contributed by atoms with van der Waals surface area (Å²) in [6, 6.07) is 5.00. The molecule has 1 fully saturated rings. The lowest BCUT2D eigenvalue weighted by Gasteiger charge is -2.40. The summed E-state index contributed by atoms with van der Waals surface area (Å²) in [4.78, 5) is 10.6. The van der Waals surface area contributed by atoms with Crippen molar-refractivity contribution < 1.29 is 9.66 Å². The van der Waals surface area contributed by atoms with E-state index in [0.29, 0.717) is 17.1 Å². The van der Waals surface area contributed by atoms with E-state index in [2.05, 4.69) is 11.6 Å². The number of hydrogen-bond acceptors (Lipinski definition) is 5. The summed E-state index contributed by atoms with van der Waals surface area (Å²) in [6.07, 6.45) is 6.71. The number of thioether (sulfide) groups is 1. The molecule has 1 N–H and O–H groups in total. The minimum absolute atomic E-state index is 0.0252. The van der Waals surface area contributed by atoms with Crippen LogP contribution in [0.15, 0.2) is 18.2 Å². The van der Waals surface area contributed by atoms with Gasteiger partial charge in [0.05, 0.1) is 11.5 Å². The molecule has 0 unspecified atom stereocenters. The summed E-state index contributed by atoms with van der Waals surface area (Å²) < 4.78 is 5.83. The molecule has 116 valence electrons. The van der Waals surface area contributed by atoms with E-state index in [0.717, 1.165) is 18.7 Å². The molecule has 0 aromatic heterocycles. The topological polar surface area (TPSA) is 64.4 Å². The lowest BCUT2D eigenvalue weighted by atomic mass is 9.84. The number of benzene rings is 1. The van der Waals surface area contributed by atoms with Crippen molar-refractivity contribution in [2.24, 2.45) is 0 Å². The van der Waals surface area contributed by atoms with Crippen LogP contribution in [0.1, 0.15) is 32.6 Å². The van der Waals surface area contributed by atoms with Crippen LogP contribution in [-0.2, 0) is 0 Å². The fourth-order valence-corrected chi connectivity index (χ4v) is 3.30. The first-order valence-corrected chi connectivity index (χ1v) is 8.53. The number of nitro groups is 1. The van der Waals surface area contributed by atoms with Gasteiger partial charge in [-0.25, -0.2) is 0 Å². The number of hydrogen-bond donors (Lipinski definition) is 1. The summed E-state index contributed by atoms with van der Waals surface area (Å²) in [5.74, 6) is 0.346. The van der Waals surface area contributed by atoms with E-state index in [1.807, 2.05) is 18.7 Å². The fourth-order valence-electron chi connectivity index (χ4n) is 2.39. The van der Waals surface area contributed by atoms with Gasteiger partial charge >= 0.3 is 5.69 Å². The molecule has 1 aromatic carbocycles. The molecule has 0 amide bonds. The van der Waals surface area contributed by atoms with Crippen molar-refractivity contribution in [3.05, 3.63) is 28.3 Å². The van der Waals surface area contributed by atoms with E-state index in [-0.39, 0.29) is 5.69 Å². The van der Waals surface area contributed by atoms with Crippen LogP contribution in [0.2, 0.25) is 0 Å². The third-order valence-electron chi connectivity index (χ3n) is 3.93. The van der Waals surface area contributed by atoms with Crippen LogP contribution in [0.4, 0.5) is 11.4 Å². The third-order valence-corrected chi connectivity index (χ3v) is 5.35. The molecule has 21 heavy (non-hydrogen) atoms. The highest BCUT2D eigenvalue weighted by Crippen LogP contribution is 2.43. The molecule has 0 atom stereocenters. The van der Waals surface area contributed by atoms with E-state index in [9.17, 15) is 10.1 Å². The van der Waals surface area contributed by atoms with Gasteiger partial charge in [0.25, 0.3) is 0 Å². The van der Waals surface area contributed by atoms with Gasteiger partial charge in [0.15, 0.2) is 5.75 Å². The minimum Gasteiger partial charge on any atom is -0.487 e. The normalized spacial score (nSPS) is 16.1. The molecule has 0 radical (unpaired) electrons. The maximum absolute atomic E-state index is 11.0. The van der Waals surface area contributed by atoms with Gasteiger partial charge in [-0.3, -0.25) is 10.1 Å². The van der Waals surface area contributed by atoms with Crippen molar-refractivity contribution >= 4 is 23.1 Å². The SMILES string of the molecule is CCCOc1cc(NCC2(SC)CCC2)ccc1[N+](=O)[O-]. The minimum atomic E-state index is -0.399. The van der Waals surface area contributed by atoms with E-state index in [1.54, 1.807) is 12.1 Å². The van der Waals surface area contributed by atoms with Gasteiger partial charge in [-0.2, -0.15) is 11.8 Å². The highest BCUT2D eigenvalue weighted by Gasteiger charge is 2.35. The van der Waals surface area contributed by atoms with Crippen LogP contribution in [0, 0.1) is 10.1 Å². The summed E-state index contributed by atoms with van der Waals surface area (Å²) in [6.45, 7) is 3.35. The van der Waals surface area contributed by atoms with Crippen LogP contribution in [0.25, 0.3) is 0 Å². The quantitative estimate of drug-likeness (QED) is 0.579. The molecule has 0 spiro atoms. The van der Waals surface area contributed by atoms with E-state index < -0.39 is 4.92 Å². The zero-order chi connectivity index (χ0) is 15.3. The summed E-state index contributed by atoms with van der Waals surface area (Å²) in [5.41, 5.74) is 0.907. The highest BCUT2D eigenvalue weighted by molar-refractivity contribution is 8.00. The van der Waals surface area contributed by atoms with Gasteiger partial charge in [0.2, 0.25) is 0 Å². The van der Waals surface area contributed by atoms with Crippen LogP contribution in [0.5, 0.6) is 5.75 Å². The number of anilines is 1. The molecule has 2 rings (SSSR count). The number of ether oxygens (including phenoxy) is 1. The Bertz CT molecular complexity index is 498. The van der Waals surface area contributed by atoms with E-state index >= 15 is 0 Å². The number of nitrogens with one attached hydrogen (secondary N) is 1. The number of nitro benzene ring substituents is 1. The van der Waals surface area contributed by atoms with Gasteiger partial charge in [0.1, 0.15) is 0 Å². The van der Waals surface area contributed by atoms with Crippen molar-refractivity contribution in [1.82, 2.24) is 0 Å². The summed E-state index contributed by atoms with van der Waals surface area (Å²) in [7, 11) is 0. The second-order valence-electron chi connectivity index (χ2n) is 5.38. The Hall–Kier alpha value is -1.43. The van der Waals surface area contributed by atoms with Gasteiger partial charge in [0, 0.05) is 29.1 Å². The molecule has 5 nitrogen and oxygen atoms in total. The van der Waals surface area contributed by atoms with Crippen molar-refractivity contribution in [3.8, 4) is 5.75 Å². The monoisotopic (exact) mass is 310 g/mol. The Morgan fingerprint density at radius 3 is 2.76 bits per heavy atom. The molecule has 6 heteroatoms. The van der Waals surface area contributed by atoms with Crippen LogP contribution in [-0.4, -0.2) is 29.1 Å². The molecule has 0 heterocycles. The first-order valence-electron chi connectivity index (χ1n) is 7.30. The van der Waals surface area contributed by atoms with Gasteiger partial charge < -0.3 is 10.1 Å². The van der Waals surface area contributed by atoms with Crippen molar-refractivity contribution in [2.45, 2.75) is 37.4 Å². The molecule has 1 saturated carbocycles. The maximum Gasteiger partial charge on any atom is 0.311 e. The lowest BCUT2D eigenvalue weighted by Crippen LogP contribution is -2.40. The molecular formula is C15H22N2O3S. The standard InChI is InChI=1S/C15H22N2O3S/c1-3-9-20-14-10-12(5-6-13(14)17(18)19)16-11-15(21-2)7-4-8-15/h5-6,10,16H,3-4,7-9,11H2,1-2H3. The second-order valence-corrected chi connectivity index (χ2v) is 6.66. The van der Waals surface area contributed by atoms with Crippen LogP contribution < -0.4 is 10.1 Å². The average molecular weight is 310 g/mol. The maximum atomic E-state index is 11.0. The molecule has 0 bridgehead atoms. The highest BCUT2D eigenvalue weighted by atomic mass is 32.2.